The normalized spacial score (nSPS) is 11.6. The average molecular weight is 306 g/mol. The SMILES string of the molecule is Cc1ccc(C)c(SS(=O)(=O)c2cc(C)ccc2C)c1. The molecule has 4 heteroatoms. The zero-order valence-electron chi connectivity index (χ0n) is 12.1. The molecule has 20 heavy (non-hydrogen) atoms. The van der Waals surface area contributed by atoms with E-state index in [-0.39, 0.29) is 0 Å². The summed E-state index contributed by atoms with van der Waals surface area (Å²) in [7, 11) is -2.45. The Bertz CT molecular complexity index is 747. The molecule has 0 aliphatic rings. The largest absolute Gasteiger partial charge is 0.234 e. The number of benzene rings is 2. The third kappa shape index (κ3) is 3.25. The standard InChI is InChI=1S/C16H18O2S2/c1-11-5-7-13(3)15(9-11)19-20(17,18)16-10-12(2)6-8-14(16)4/h5-10H,1-4H3. The highest BCUT2D eigenvalue weighted by atomic mass is 33.1. The fourth-order valence-electron chi connectivity index (χ4n) is 1.94. The van der Waals surface area contributed by atoms with Gasteiger partial charge < -0.3 is 0 Å². The maximum absolute atomic E-state index is 12.6. The summed E-state index contributed by atoms with van der Waals surface area (Å²) in [6, 6.07) is 11.4. The lowest BCUT2D eigenvalue weighted by Gasteiger charge is -2.10. The fourth-order valence-corrected chi connectivity index (χ4v) is 5.54. The molecule has 0 bridgehead atoms. The Hall–Kier alpha value is -1.26. The molecule has 0 radical (unpaired) electrons. The van der Waals surface area contributed by atoms with Crippen molar-refractivity contribution in [3.63, 3.8) is 0 Å². The van der Waals surface area contributed by atoms with Crippen LogP contribution in [0.15, 0.2) is 46.2 Å². The van der Waals surface area contributed by atoms with E-state index < -0.39 is 8.87 Å². The predicted molar refractivity (Wildman–Crippen MR) is 84.9 cm³/mol. The highest BCUT2D eigenvalue weighted by Crippen LogP contribution is 2.35. The van der Waals surface area contributed by atoms with Gasteiger partial charge >= 0.3 is 0 Å². The lowest BCUT2D eigenvalue weighted by atomic mass is 10.2. The zero-order valence-corrected chi connectivity index (χ0v) is 13.7. The van der Waals surface area contributed by atoms with E-state index in [2.05, 4.69) is 0 Å². The molecule has 0 unspecified atom stereocenters. The first kappa shape index (κ1) is 15.1. The van der Waals surface area contributed by atoms with Gasteiger partial charge in [0.15, 0.2) is 0 Å². The van der Waals surface area contributed by atoms with Gasteiger partial charge in [-0.3, -0.25) is 0 Å². The Morgan fingerprint density at radius 2 is 1.35 bits per heavy atom. The minimum Gasteiger partial charge on any atom is -0.212 e. The highest BCUT2D eigenvalue weighted by Gasteiger charge is 2.20. The molecular formula is C16H18O2S2. The monoisotopic (exact) mass is 306 g/mol. The molecule has 0 saturated heterocycles. The fraction of sp³-hybridized carbons (Fsp3) is 0.250. The maximum Gasteiger partial charge on any atom is 0.234 e. The van der Waals surface area contributed by atoms with Gasteiger partial charge in [0.2, 0.25) is 8.87 Å². The van der Waals surface area contributed by atoms with Crippen molar-refractivity contribution in [3.05, 3.63) is 58.7 Å². The quantitative estimate of drug-likeness (QED) is 0.788. The van der Waals surface area contributed by atoms with Crippen LogP contribution in [-0.4, -0.2) is 8.42 Å². The smallest absolute Gasteiger partial charge is 0.212 e. The molecule has 0 heterocycles. The highest BCUT2D eigenvalue weighted by molar-refractivity contribution is 8.72. The molecule has 2 aromatic rings. The van der Waals surface area contributed by atoms with Gasteiger partial charge in [-0.15, -0.1) is 0 Å². The van der Waals surface area contributed by atoms with Crippen molar-refractivity contribution in [3.8, 4) is 0 Å². The molecule has 0 aliphatic heterocycles. The first-order valence-corrected chi connectivity index (χ1v) is 9.20. The number of hydrogen-bond acceptors (Lipinski definition) is 3. The third-order valence-corrected chi connectivity index (χ3v) is 6.71. The first-order valence-electron chi connectivity index (χ1n) is 6.38. The van der Waals surface area contributed by atoms with E-state index in [1.54, 1.807) is 6.07 Å². The Balaban J connectivity index is 2.46. The molecule has 0 atom stereocenters. The molecule has 106 valence electrons. The van der Waals surface area contributed by atoms with Crippen LogP contribution in [0.25, 0.3) is 0 Å². The zero-order chi connectivity index (χ0) is 14.9. The van der Waals surface area contributed by atoms with E-state index in [4.69, 9.17) is 0 Å². The van der Waals surface area contributed by atoms with E-state index in [9.17, 15) is 8.42 Å². The topological polar surface area (TPSA) is 34.1 Å². The average Bonchev–Trinajstić information content (AvgIpc) is 2.36. The Morgan fingerprint density at radius 3 is 2.00 bits per heavy atom. The molecule has 2 aromatic carbocycles. The van der Waals surface area contributed by atoms with Crippen molar-refractivity contribution in [1.29, 1.82) is 0 Å². The maximum atomic E-state index is 12.6. The van der Waals surface area contributed by atoms with Gasteiger partial charge in [0.1, 0.15) is 0 Å². The van der Waals surface area contributed by atoms with Crippen molar-refractivity contribution in [2.45, 2.75) is 37.5 Å². The second-order valence-electron chi connectivity index (χ2n) is 5.08. The van der Waals surface area contributed by atoms with Crippen LogP contribution in [0, 0.1) is 27.7 Å². The molecule has 0 N–H and O–H groups in total. The van der Waals surface area contributed by atoms with Gasteiger partial charge in [-0.05, 0) is 62.1 Å². The van der Waals surface area contributed by atoms with Gasteiger partial charge in [0.25, 0.3) is 0 Å². The molecule has 0 aromatic heterocycles. The Labute approximate surface area is 124 Å². The van der Waals surface area contributed by atoms with Crippen molar-refractivity contribution in [1.82, 2.24) is 0 Å². The first-order chi connectivity index (χ1) is 9.29. The van der Waals surface area contributed by atoms with E-state index in [0.29, 0.717) is 4.90 Å². The van der Waals surface area contributed by atoms with Crippen molar-refractivity contribution in [2.24, 2.45) is 0 Å². The van der Waals surface area contributed by atoms with Crippen LogP contribution in [0.1, 0.15) is 22.3 Å². The second-order valence-corrected chi connectivity index (χ2v) is 8.85. The summed E-state index contributed by atoms with van der Waals surface area (Å²) in [4.78, 5) is 1.20. The van der Waals surface area contributed by atoms with Crippen LogP contribution in [0.3, 0.4) is 0 Å². The lowest BCUT2D eigenvalue weighted by Crippen LogP contribution is -1.99. The van der Waals surface area contributed by atoms with E-state index in [1.165, 1.54) is 0 Å². The van der Waals surface area contributed by atoms with Crippen molar-refractivity contribution >= 4 is 19.7 Å². The molecule has 0 aliphatic carbocycles. The summed E-state index contributed by atoms with van der Waals surface area (Å²) in [6.07, 6.45) is 0. The summed E-state index contributed by atoms with van der Waals surface area (Å²) >= 11 is 0. The summed E-state index contributed by atoms with van der Waals surface area (Å²) in [5.41, 5.74) is 3.79. The minimum atomic E-state index is -3.39. The Morgan fingerprint density at radius 1 is 0.800 bits per heavy atom. The molecular weight excluding hydrogens is 288 g/mol. The lowest BCUT2D eigenvalue weighted by molar-refractivity contribution is 0.610. The van der Waals surface area contributed by atoms with Gasteiger partial charge in [0.05, 0.1) is 4.90 Å². The van der Waals surface area contributed by atoms with Crippen LogP contribution < -0.4 is 0 Å². The molecule has 0 saturated carbocycles. The van der Waals surface area contributed by atoms with Crippen molar-refractivity contribution < 1.29 is 8.42 Å². The van der Waals surface area contributed by atoms with Gasteiger partial charge in [-0.25, -0.2) is 8.42 Å². The number of rotatable bonds is 3. The number of aryl methyl sites for hydroxylation is 4. The van der Waals surface area contributed by atoms with Gasteiger partial charge in [-0.2, -0.15) is 0 Å². The van der Waals surface area contributed by atoms with E-state index >= 15 is 0 Å². The molecule has 0 amide bonds. The van der Waals surface area contributed by atoms with Gasteiger partial charge in [-0.1, -0.05) is 24.3 Å². The summed E-state index contributed by atoms with van der Waals surface area (Å²) in [5, 5.41) is 0. The summed E-state index contributed by atoms with van der Waals surface area (Å²) in [5.74, 6) is 0. The predicted octanol–water partition coefficient (Wildman–Crippen LogP) is 4.40. The van der Waals surface area contributed by atoms with Crippen LogP contribution in [-0.2, 0) is 8.87 Å². The van der Waals surface area contributed by atoms with Crippen LogP contribution >= 0.6 is 10.8 Å². The van der Waals surface area contributed by atoms with Crippen LogP contribution in [0.2, 0.25) is 0 Å². The van der Waals surface area contributed by atoms with Crippen molar-refractivity contribution in [2.75, 3.05) is 0 Å². The molecule has 2 nitrogen and oxygen atoms in total. The van der Waals surface area contributed by atoms with E-state index in [1.807, 2.05) is 58.0 Å². The van der Waals surface area contributed by atoms with Crippen LogP contribution in [0.4, 0.5) is 0 Å². The second kappa shape index (κ2) is 5.62. The molecule has 2 rings (SSSR count). The summed E-state index contributed by atoms with van der Waals surface area (Å²) in [6.45, 7) is 7.63. The molecule has 0 spiro atoms. The molecule has 0 fully saturated rings. The third-order valence-electron chi connectivity index (χ3n) is 3.16. The Kier molecular flexibility index (Phi) is 4.25. The van der Waals surface area contributed by atoms with Crippen LogP contribution in [0.5, 0.6) is 0 Å². The van der Waals surface area contributed by atoms with Gasteiger partial charge in [0, 0.05) is 15.7 Å². The summed E-state index contributed by atoms with van der Waals surface area (Å²) < 4.78 is 25.2. The number of hydrogen-bond donors (Lipinski definition) is 0. The van der Waals surface area contributed by atoms with E-state index in [0.717, 1.165) is 37.9 Å². The minimum absolute atomic E-state index is 0.406.